The number of benzene rings is 1. The molecular weight excluding hydrogens is 379 g/mol. The minimum absolute atomic E-state index is 0.00780. The van der Waals surface area contributed by atoms with E-state index in [0.29, 0.717) is 25.1 Å². The van der Waals surface area contributed by atoms with E-state index >= 15 is 0 Å². The fraction of sp³-hybridized carbons (Fsp3) is 0.286. The second-order valence-corrected chi connectivity index (χ2v) is 8.61. The number of nitrogens with zero attached hydrogens (tertiary/aromatic N) is 1. The Balaban J connectivity index is 1.39. The first-order valence-electron chi connectivity index (χ1n) is 9.06. The maximum atomic E-state index is 13.7. The van der Waals surface area contributed by atoms with Gasteiger partial charge in [-0.2, -0.15) is 0 Å². The van der Waals surface area contributed by atoms with Gasteiger partial charge in [0.05, 0.1) is 12.6 Å². The van der Waals surface area contributed by atoms with E-state index < -0.39 is 0 Å². The molecule has 1 N–H and O–H groups in total. The highest BCUT2D eigenvalue weighted by atomic mass is 32.1. The van der Waals surface area contributed by atoms with Crippen LogP contribution in [-0.4, -0.2) is 30.4 Å². The predicted molar refractivity (Wildman–Crippen MR) is 109 cm³/mol. The standard InChI is InChI=1S/C21H21FN2OS2/c22-17-5-2-1-4-15(17)7-10-23-20(25)14-24-11-8-18-16(9-13-27-18)21(24)19-6-3-12-26-19/h1-6,9,12-13,21H,7-8,10-11,14H2,(H,23,25)/t21-/m0/s1. The van der Waals surface area contributed by atoms with Crippen LogP contribution < -0.4 is 5.32 Å². The molecule has 3 aromatic rings. The van der Waals surface area contributed by atoms with E-state index in [1.807, 2.05) is 6.07 Å². The Morgan fingerprint density at radius 1 is 1.15 bits per heavy atom. The summed E-state index contributed by atoms with van der Waals surface area (Å²) in [4.78, 5) is 17.5. The predicted octanol–water partition coefficient (Wildman–Crippen LogP) is 4.26. The van der Waals surface area contributed by atoms with Crippen molar-refractivity contribution in [2.45, 2.75) is 18.9 Å². The van der Waals surface area contributed by atoms with E-state index in [2.05, 4.69) is 39.2 Å². The molecule has 0 aliphatic carbocycles. The second-order valence-electron chi connectivity index (χ2n) is 6.63. The average Bonchev–Trinajstić information content (AvgIpc) is 3.34. The smallest absolute Gasteiger partial charge is 0.234 e. The molecule has 6 heteroatoms. The summed E-state index contributed by atoms with van der Waals surface area (Å²) < 4.78 is 13.7. The van der Waals surface area contributed by atoms with Gasteiger partial charge in [-0.05, 0) is 52.9 Å². The van der Waals surface area contributed by atoms with Gasteiger partial charge >= 0.3 is 0 Å². The topological polar surface area (TPSA) is 32.3 Å². The Hall–Kier alpha value is -2.02. The van der Waals surface area contributed by atoms with Crippen molar-refractivity contribution in [1.29, 1.82) is 0 Å². The Bertz CT molecular complexity index is 907. The van der Waals surface area contributed by atoms with Gasteiger partial charge in [0.2, 0.25) is 5.91 Å². The zero-order valence-corrected chi connectivity index (χ0v) is 16.5. The van der Waals surface area contributed by atoms with Crippen LogP contribution in [0.2, 0.25) is 0 Å². The van der Waals surface area contributed by atoms with Crippen molar-refractivity contribution >= 4 is 28.6 Å². The largest absolute Gasteiger partial charge is 0.355 e. The fourth-order valence-corrected chi connectivity index (χ4v) is 5.38. The van der Waals surface area contributed by atoms with Crippen LogP contribution in [0.25, 0.3) is 0 Å². The van der Waals surface area contributed by atoms with Gasteiger partial charge in [0, 0.05) is 22.8 Å². The maximum Gasteiger partial charge on any atom is 0.234 e. The third-order valence-corrected chi connectivity index (χ3v) is 6.82. The van der Waals surface area contributed by atoms with E-state index in [4.69, 9.17) is 0 Å². The summed E-state index contributed by atoms with van der Waals surface area (Å²) in [5.74, 6) is -0.225. The van der Waals surface area contributed by atoms with E-state index in [1.54, 1.807) is 34.8 Å². The molecule has 0 unspecified atom stereocenters. The van der Waals surface area contributed by atoms with Gasteiger partial charge < -0.3 is 5.32 Å². The molecule has 1 aromatic carbocycles. The molecule has 0 bridgehead atoms. The van der Waals surface area contributed by atoms with Crippen LogP contribution in [0.1, 0.15) is 26.9 Å². The zero-order valence-electron chi connectivity index (χ0n) is 14.9. The summed E-state index contributed by atoms with van der Waals surface area (Å²) in [7, 11) is 0. The SMILES string of the molecule is O=C(CN1CCc2sccc2[C@H]1c1cccs1)NCCc1ccccc1F. The van der Waals surface area contributed by atoms with Gasteiger partial charge in [0.25, 0.3) is 0 Å². The molecule has 1 amide bonds. The number of thiophene rings is 2. The van der Waals surface area contributed by atoms with Crippen LogP contribution >= 0.6 is 22.7 Å². The van der Waals surface area contributed by atoms with Crippen LogP contribution in [0, 0.1) is 5.82 Å². The van der Waals surface area contributed by atoms with E-state index in [1.165, 1.54) is 21.4 Å². The Labute approximate surface area is 166 Å². The molecule has 0 saturated carbocycles. The number of rotatable bonds is 6. The molecule has 0 spiro atoms. The van der Waals surface area contributed by atoms with Crippen molar-refractivity contribution < 1.29 is 9.18 Å². The zero-order chi connectivity index (χ0) is 18.6. The number of hydrogen-bond acceptors (Lipinski definition) is 4. The van der Waals surface area contributed by atoms with Crippen molar-refractivity contribution in [2.24, 2.45) is 0 Å². The number of carbonyl (C=O) groups is 1. The summed E-state index contributed by atoms with van der Waals surface area (Å²) >= 11 is 3.54. The first-order chi connectivity index (χ1) is 13.2. The number of fused-ring (bicyclic) bond motifs is 1. The van der Waals surface area contributed by atoms with Gasteiger partial charge in [0.15, 0.2) is 0 Å². The lowest BCUT2D eigenvalue weighted by Crippen LogP contribution is -2.42. The highest BCUT2D eigenvalue weighted by molar-refractivity contribution is 7.10. The number of carbonyl (C=O) groups excluding carboxylic acids is 1. The lowest BCUT2D eigenvalue weighted by atomic mass is 9.98. The molecule has 0 fully saturated rings. The number of halogens is 1. The molecule has 1 aliphatic heterocycles. The number of amides is 1. The third-order valence-electron chi connectivity index (χ3n) is 4.90. The van der Waals surface area contributed by atoms with Gasteiger partial charge in [-0.1, -0.05) is 24.3 Å². The lowest BCUT2D eigenvalue weighted by Gasteiger charge is -2.34. The van der Waals surface area contributed by atoms with Crippen molar-refractivity contribution in [1.82, 2.24) is 10.2 Å². The van der Waals surface area contributed by atoms with Crippen molar-refractivity contribution in [3.05, 3.63) is 79.9 Å². The summed E-state index contributed by atoms with van der Waals surface area (Å²) in [5, 5.41) is 7.18. The molecule has 0 saturated heterocycles. The first-order valence-corrected chi connectivity index (χ1v) is 10.8. The van der Waals surface area contributed by atoms with Crippen molar-refractivity contribution in [2.75, 3.05) is 19.6 Å². The molecule has 1 aliphatic rings. The van der Waals surface area contributed by atoms with Gasteiger partial charge in [-0.25, -0.2) is 4.39 Å². The summed E-state index contributed by atoms with van der Waals surface area (Å²) in [6.07, 6.45) is 1.48. The molecular formula is C21H21FN2OS2. The van der Waals surface area contributed by atoms with E-state index in [0.717, 1.165) is 13.0 Å². The molecule has 3 heterocycles. The molecule has 2 aromatic heterocycles. The maximum absolute atomic E-state index is 13.7. The summed E-state index contributed by atoms with van der Waals surface area (Å²) in [6.45, 7) is 1.67. The van der Waals surface area contributed by atoms with Gasteiger partial charge in [-0.15, -0.1) is 22.7 Å². The van der Waals surface area contributed by atoms with E-state index in [-0.39, 0.29) is 17.8 Å². The molecule has 1 atom stereocenters. The number of hydrogen-bond donors (Lipinski definition) is 1. The Morgan fingerprint density at radius 3 is 2.85 bits per heavy atom. The van der Waals surface area contributed by atoms with Crippen LogP contribution in [0.5, 0.6) is 0 Å². The average molecular weight is 401 g/mol. The van der Waals surface area contributed by atoms with Crippen LogP contribution in [-0.2, 0) is 17.6 Å². The van der Waals surface area contributed by atoms with Crippen molar-refractivity contribution in [3.8, 4) is 0 Å². The van der Waals surface area contributed by atoms with Crippen LogP contribution in [0.4, 0.5) is 4.39 Å². The minimum atomic E-state index is -0.217. The highest BCUT2D eigenvalue weighted by Gasteiger charge is 2.31. The van der Waals surface area contributed by atoms with Crippen molar-refractivity contribution in [3.63, 3.8) is 0 Å². The molecule has 3 nitrogen and oxygen atoms in total. The fourth-order valence-electron chi connectivity index (χ4n) is 3.60. The lowest BCUT2D eigenvalue weighted by molar-refractivity contribution is -0.122. The molecule has 140 valence electrons. The highest BCUT2D eigenvalue weighted by Crippen LogP contribution is 2.39. The monoisotopic (exact) mass is 400 g/mol. The molecule has 27 heavy (non-hydrogen) atoms. The number of nitrogens with one attached hydrogen (secondary N) is 1. The summed E-state index contributed by atoms with van der Waals surface area (Å²) in [6, 6.07) is 13.3. The van der Waals surface area contributed by atoms with Gasteiger partial charge in [0.1, 0.15) is 5.82 Å². The van der Waals surface area contributed by atoms with Crippen LogP contribution in [0.15, 0.2) is 53.2 Å². The normalized spacial score (nSPS) is 16.9. The van der Waals surface area contributed by atoms with E-state index in [9.17, 15) is 9.18 Å². The molecule has 0 radical (unpaired) electrons. The third kappa shape index (κ3) is 4.13. The van der Waals surface area contributed by atoms with Crippen LogP contribution in [0.3, 0.4) is 0 Å². The Kier molecular flexibility index (Phi) is 5.66. The quantitative estimate of drug-likeness (QED) is 0.671. The second kappa shape index (κ2) is 8.33. The summed E-state index contributed by atoms with van der Waals surface area (Å²) in [5.41, 5.74) is 1.96. The minimum Gasteiger partial charge on any atom is -0.355 e. The van der Waals surface area contributed by atoms with Gasteiger partial charge in [-0.3, -0.25) is 9.69 Å². The molecule has 4 rings (SSSR count). The first kappa shape index (κ1) is 18.3. The Morgan fingerprint density at radius 2 is 2.04 bits per heavy atom.